The van der Waals surface area contributed by atoms with Crippen LogP contribution in [-0.2, 0) is 12.7 Å². The molecule has 0 radical (unpaired) electrons. The number of hydrogen-bond acceptors (Lipinski definition) is 2. The summed E-state index contributed by atoms with van der Waals surface area (Å²) in [5, 5.41) is 8.63. The fourth-order valence-electron chi connectivity index (χ4n) is 1.25. The van der Waals surface area contributed by atoms with E-state index in [9.17, 15) is 13.2 Å². The minimum atomic E-state index is -4.54. The van der Waals surface area contributed by atoms with Crippen molar-refractivity contribution in [3.63, 3.8) is 0 Å². The van der Waals surface area contributed by atoms with Gasteiger partial charge in [-0.2, -0.15) is 18.4 Å². The molecule has 0 aliphatic heterocycles. The van der Waals surface area contributed by atoms with Crippen LogP contribution in [0.1, 0.15) is 16.7 Å². The molecule has 0 spiro atoms. The van der Waals surface area contributed by atoms with Crippen molar-refractivity contribution in [2.45, 2.75) is 12.7 Å². The van der Waals surface area contributed by atoms with Crippen molar-refractivity contribution < 1.29 is 13.2 Å². The van der Waals surface area contributed by atoms with E-state index in [0.717, 1.165) is 0 Å². The number of nitrogens with zero attached hydrogens (tertiary/aromatic N) is 1. The molecule has 0 aromatic heterocycles. The van der Waals surface area contributed by atoms with E-state index >= 15 is 0 Å². The van der Waals surface area contributed by atoms with Crippen molar-refractivity contribution in [1.82, 2.24) is 0 Å². The second-order valence-corrected chi connectivity index (χ2v) is 4.05. The summed E-state index contributed by atoms with van der Waals surface area (Å²) in [6.07, 6.45) is -4.54. The van der Waals surface area contributed by atoms with Crippen LogP contribution in [-0.4, -0.2) is 0 Å². The van der Waals surface area contributed by atoms with Crippen LogP contribution in [0.3, 0.4) is 0 Å². The van der Waals surface area contributed by atoms with Gasteiger partial charge in [0.2, 0.25) is 0 Å². The first-order valence-corrected chi connectivity index (χ1v) is 4.97. The van der Waals surface area contributed by atoms with Gasteiger partial charge >= 0.3 is 6.18 Å². The summed E-state index contributed by atoms with van der Waals surface area (Å²) in [6, 6.07) is 4.07. The summed E-state index contributed by atoms with van der Waals surface area (Å²) in [5.74, 6) is 0. The van der Waals surface area contributed by atoms with Crippen molar-refractivity contribution in [2.24, 2.45) is 5.73 Å². The zero-order valence-electron chi connectivity index (χ0n) is 7.40. The molecule has 0 aliphatic carbocycles. The molecule has 0 atom stereocenters. The molecule has 6 heteroatoms. The molecule has 80 valence electrons. The minimum absolute atomic E-state index is 0.0500. The van der Waals surface area contributed by atoms with Crippen molar-refractivity contribution in [2.75, 3.05) is 0 Å². The predicted molar refractivity (Wildman–Crippen MR) is 56.8 cm³/mol. The van der Waals surface area contributed by atoms with E-state index in [-0.39, 0.29) is 17.7 Å². The first-order valence-electron chi connectivity index (χ1n) is 3.90. The Labute approximate surface area is 98.0 Å². The fourth-order valence-corrected chi connectivity index (χ4v) is 1.93. The van der Waals surface area contributed by atoms with Gasteiger partial charge in [-0.3, -0.25) is 0 Å². The van der Waals surface area contributed by atoms with Crippen LogP contribution in [0, 0.1) is 14.9 Å². The molecule has 0 bridgehead atoms. The number of benzene rings is 1. The van der Waals surface area contributed by atoms with E-state index < -0.39 is 11.7 Å². The molecule has 0 fully saturated rings. The number of nitriles is 1. The fraction of sp³-hybridized carbons (Fsp3) is 0.222. The lowest BCUT2D eigenvalue weighted by atomic mass is 10.0. The number of halogens is 4. The Morgan fingerprint density at radius 2 is 2.00 bits per heavy atom. The molecule has 0 unspecified atom stereocenters. The van der Waals surface area contributed by atoms with Crippen LogP contribution < -0.4 is 5.73 Å². The Hall–Kier alpha value is -0.810. The van der Waals surface area contributed by atoms with Gasteiger partial charge in [0.1, 0.15) is 0 Å². The number of hydrogen-bond donors (Lipinski definition) is 1. The van der Waals surface area contributed by atoms with Crippen LogP contribution in [0.5, 0.6) is 0 Å². The van der Waals surface area contributed by atoms with E-state index in [4.69, 9.17) is 11.0 Å². The molecule has 0 heterocycles. The first-order chi connectivity index (χ1) is 6.90. The lowest BCUT2D eigenvalue weighted by Gasteiger charge is -2.13. The Kier molecular flexibility index (Phi) is 3.57. The molecule has 15 heavy (non-hydrogen) atoms. The molecule has 1 rings (SSSR count). The SMILES string of the molecule is N#Cc1cc(I)cc(CN)c1C(F)(F)F. The lowest BCUT2D eigenvalue weighted by molar-refractivity contribution is -0.138. The molecular weight excluding hydrogens is 320 g/mol. The van der Waals surface area contributed by atoms with Crippen molar-refractivity contribution in [3.05, 3.63) is 32.4 Å². The largest absolute Gasteiger partial charge is 0.418 e. The van der Waals surface area contributed by atoms with Gasteiger partial charge in [-0.15, -0.1) is 0 Å². The van der Waals surface area contributed by atoms with Crippen molar-refractivity contribution in [3.8, 4) is 6.07 Å². The van der Waals surface area contributed by atoms with Gasteiger partial charge in [0.25, 0.3) is 0 Å². The zero-order chi connectivity index (χ0) is 11.6. The average Bonchev–Trinajstić information content (AvgIpc) is 2.14. The maximum absolute atomic E-state index is 12.6. The summed E-state index contributed by atoms with van der Waals surface area (Å²) in [6.45, 7) is -0.236. The summed E-state index contributed by atoms with van der Waals surface area (Å²) in [7, 11) is 0. The minimum Gasteiger partial charge on any atom is -0.326 e. The van der Waals surface area contributed by atoms with E-state index in [1.807, 2.05) is 22.6 Å². The van der Waals surface area contributed by atoms with Crippen LogP contribution in [0.2, 0.25) is 0 Å². The molecule has 0 aliphatic rings. The van der Waals surface area contributed by atoms with Crippen LogP contribution in [0.4, 0.5) is 13.2 Å². The highest BCUT2D eigenvalue weighted by Crippen LogP contribution is 2.35. The van der Waals surface area contributed by atoms with Crippen molar-refractivity contribution >= 4 is 22.6 Å². The molecule has 0 saturated heterocycles. The molecular formula is C9H6F3IN2. The molecule has 2 N–H and O–H groups in total. The van der Waals surface area contributed by atoms with Gasteiger partial charge in [-0.05, 0) is 40.3 Å². The molecule has 2 nitrogen and oxygen atoms in total. The quantitative estimate of drug-likeness (QED) is 0.807. The predicted octanol–water partition coefficient (Wildman–Crippen LogP) is 2.64. The maximum Gasteiger partial charge on any atom is 0.418 e. The van der Waals surface area contributed by atoms with Crippen LogP contribution >= 0.6 is 22.6 Å². The summed E-state index contributed by atoms with van der Waals surface area (Å²) >= 11 is 1.85. The van der Waals surface area contributed by atoms with Gasteiger partial charge in [0, 0.05) is 10.1 Å². The number of nitrogens with two attached hydrogens (primary N) is 1. The Balaban J connectivity index is 3.53. The van der Waals surface area contributed by atoms with Gasteiger partial charge in [-0.1, -0.05) is 0 Å². The van der Waals surface area contributed by atoms with E-state index in [1.165, 1.54) is 18.2 Å². The van der Waals surface area contributed by atoms with Gasteiger partial charge in [-0.25, -0.2) is 0 Å². The third kappa shape index (κ3) is 2.60. The Bertz CT molecular complexity index is 421. The summed E-state index contributed by atoms with van der Waals surface area (Å²) in [5.41, 5.74) is 3.87. The topological polar surface area (TPSA) is 49.8 Å². The van der Waals surface area contributed by atoms with Crippen LogP contribution in [0.25, 0.3) is 0 Å². The highest BCUT2D eigenvalue weighted by molar-refractivity contribution is 14.1. The summed E-state index contributed by atoms with van der Waals surface area (Å²) < 4.78 is 38.4. The van der Waals surface area contributed by atoms with Gasteiger partial charge in [0.05, 0.1) is 17.2 Å². The number of alkyl halides is 3. The third-order valence-corrected chi connectivity index (χ3v) is 2.43. The van der Waals surface area contributed by atoms with E-state index in [0.29, 0.717) is 3.57 Å². The summed E-state index contributed by atoms with van der Waals surface area (Å²) in [4.78, 5) is 0. The zero-order valence-corrected chi connectivity index (χ0v) is 9.56. The lowest BCUT2D eigenvalue weighted by Crippen LogP contribution is -2.14. The molecule has 1 aromatic carbocycles. The second-order valence-electron chi connectivity index (χ2n) is 2.80. The van der Waals surface area contributed by atoms with Crippen LogP contribution in [0.15, 0.2) is 12.1 Å². The highest BCUT2D eigenvalue weighted by Gasteiger charge is 2.36. The van der Waals surface area contributed by atoms with Gasteiger partial charge in [0.15, 0.2) is 0 Å². The molecule has 0 saturated carbocycles. The first kappa shape index (κ1) is 12.3. The second kappa shape index (κ2) is 4.37. The maximum atomic E-state index is 12.6. The standard InChI is InChI=1S/C9H6F3IN2/c10-9(11,12)8-5(3-14)1-7(13)2-6(8)4-15/h1-2H,3,14H2. The third-order valence-electron chi connectivity index (χ3n) is 1.81. The van der Waals surface area contributed by atoms with Gasteiger partial charge < -0.3 is 5.73 Å². The highest BCUT2D eigenvalue weighted by atomic mass is 127. The average molecular weight is 326 g/mol. The Morgan fingerprint density at radius 3 is 2.40 bits per heavy atom. The smallest absolute Gasteiger partial charge is 0.326 e. The monoisotopic (exact) mass is 326 g/mol. The van der Waals surface area contributed by atoms with Crippen molar-refractivity contribution in [1.29, 1.82) is 5.26 Å². The molecule has 0 amide bonds. The number of rotatable bonds is 1. The normalized spacial score (nSPS) is 11.2. The van der Waals surface area contributed by atoms with E-state index in [1.54, 1.807) is 0 Å². The Morgan fingerprint density at radius 1 is 1.40 bits per heavy atom. The molecule has 1 aromatic rings. The van der Waals surface area contributed by atoms with E-state index in [2.05, 4.69) is 0 Å².